The highest BCUT2D eigenvalue weighted by molar-refractivity contribution is 6.31. The van der Waals surface area contributed by atoms with E-state index >= 15 is 0 Å². The van der Waals surface area contributed by atoms with E-state index < -0.39 is 4.92 Å². The van der Waals surface area contributed by atoms with Crippen LogP contribution in [0.1, 0.15) is 23.6 Å². The van der Waals surface area contributed by atoms with Crippen LogP contribution in [0.15, 0.2) is 66.7 Å². The first kappa shape index (κ1) is 21.9. The van der Waals surface area contributed by atoms with Crippen LogP contribution in [-0.4, -0.2) is 11.5 Å². The summed E-state index contributed by atoms with van der Waals surface area (Å²) in [4.78, 5) is 10.5. The summed E-state index contributed by atoms with van der Waals surface area (Å²) < 4.78 is 11.6. The van der Waals surface area contributed by atoms with Gasteiger partial charge in [-0.25, -0.2) is 0 Å². The van der Waals surface area contributed by atoms with Gasteiger partial charge >= 0.3 is 0 Å². The van der Waals surface area contributed by atoms with Crippen LogP contribution in [0.4, 0.5) is 5.69 Å². The normalized spacial score (nSPS) is 10.9. The fourth-order valence-electron chi connectivity index (χ4n) is 2.91. The molecule has 0 spiro atoms. The minimum atomic E-state index is -0.489. The van der Waals surface area contributed by atoms with E-state index in [0.29, 0.717) is 39.8 Å². The van der Waals surface area contributed by atoms with Crippen LogP contribution in [0, 0.1) is 21.4 Å². The zero-order chi connectivity index (χ0) is 22.2. The van der Waals surface area contributed by atoms with Gasteiger partial charge in [0, 0.05) is 22.7 Å². The number of ether oxygens (including phenoxy) is 2. The van der Waals surface area contributed by atoms with Crippen molar-refractivity contribution in [3.63, 3.8) is 0 Å². The van der Waals surface area contributed by atoms with Gasteiger partial charge in [-0.1, -0.05) is 48.0 Å². The van der Waals surface area contributed by atoms with Crippen molar-refractivity contribution in [1.82, 2.24) is 0 Å². The maximum absolute atomic E-state index is 11.0. The van der Waals surface area contributed by atoms with Gasteiger partial charge in [0.25, 0.3) is 5.69 Å². The Morgan fingerprint density at radius 3 is 2.61 bits per heavy atom. The molecule has 3 aromatic rings. The number of hydrogen-bond donors (Lipinski definition) is 0. The molecule has 31 heavy (non-hydrogen) atoms. The molecule has 0 unspecified atom stereocenters. The molecule has 0 saturated carbocycles. The van der Waals surface area contributed by atoms with Gasteiger partial charge < -0.3 is 9.47 Å². The number of allylic oxidation sites excluding steroid dienone is 1. The van der Waals surface area contributed by atoms with Crippen molar-refractivity contribution in [3.05, 3.63) is 98.6 Å². The molecule has 0 aromatic heterocycles. The molecule has 3 aromatic carbocycles. The van der Waals surface area contributed by atoms with E-state index in [1.54, 1.807) is 42.5 Å². The number of rotatable bonds is 8. The Bertz CT molecular complexity index is 1170. The number of nitrogens with zero attached hydrogens (tertiary/aromatic N) is 2. The third-order valence-electron chi connectivity index (χ3n) is 4.41. The number of nitriles is 1. The molecule has 3 rings (SSSR count). The summed E-state index contributed by atoms with van der Waals surface area (Å²) in [6.45, 7) is 2.59. The standard InChI is InChI=1S/C24H19ClN2O4/c1-2-30-24-13-17(10-11-23(24)31-16-19-6-3-4-9-22(19)25)12-20(15-26)18-7-5-8-21(14-18)27(28)29/h3-14H,2,16H2,1H3. The lowest BCUT2D eigenvalue weighted by Crippen LogP contribution is -2.00. The smallest absolute Gasteiger partial charge is 0.270 e. The fraction of sp³-hybridized carbons (Fsp3) is 0.125. The van der Waals surface area contributed by atoms with Gasteiger partial charge in [0.1, 0.15) is 6.61 Å². The largest absolute Gasteiger partial charge is 0.490 e. The second-order valence-electron chi connectivity index (χ2n) is 6.50. The number of nitro groups is 1. The molecule has 0 amide bonds. The van der Waals surface area contributed by atoms with Crippen molar-refractivity contribution in [2.45, 2.75) is 13.5 Å². The Hall–Kier alpha value is -3.82. The van der Waals surface area contributed by atoms with E-state index in [0.717, 1.165) is 5.56 Å². The predicted molar refractivity (Wildman–Crippen MR) is 120 cm³/mol. The first-order valence-corrected chi connectivity index (χ1v) is 9.89. The van der Waals surface area contributed by atoms with E-state index in [1.165, 1.54) is 12.1 Å². The van der Waals surface area contributed by atoms with Crippen LogP contribution in [0.2, 0.25) is 5.02 Å². The summed E-state index contributed by atoms with van der Waals surface area (Å²) in [5.41, 5.74) is 2.26. The van der Waals surface area contributed by atoms with Crippen LogP contribution in [0.25, 0.3) is 11.6 Å². The summed E-state index contributed by atoms with van der Waals surface area (Å²) in [6, 6.07) is 20.8. The van der Waals surface area contributed by atoms with Gasteiger partial charge in [-0.2, -0.15) is 5.26 Å². The van der Waals surface area contributed by atoms with E-state index in [2.05, 4.69) is 6.07 Å². The Balaban J connectivity index is 1.88. The molecule has 0 heterocycles. The lowest BCUT2D eigenvalue weighted by molar-refractivity contribution is -0.384. The van der Waals surface area contributed by atoms with Crippen LogP contribution in [-0.2, 0) is 6.61 Å². The molecule has 0 fully saturated rings. The molecule has 0 aliphatic rings. The lowest BCUT2D eigenvalue weighted by Gasteiger charge is -2.13. The number of benzene rings is 3. The SMILES string of the molecule is CCOc1cc(C=C(C#N)c2cccc([N+](=O)[O-])c2)ccc1OCc1ccccc1Cl. The predicted octanol–water partition coefficient (Wildman–Crippen LogP) is 6.29. The first-order chi connectivity index (χ1) is 15.0. The Labute approximate surface area is 185 Å². The molecular formula is C24H19ClN2O4. The summed E-state index contributed by atoms with van der Waals surface area (Å²) in [5, 5.41) is 21.2. The van der Waals surface area contributed by atoms with Crippen molar-refractivity contribution >= 4 is 28.9 Å². The topological polar surface area (TPSA) is 85.4 Å². The minimum absolute atomic E-state index is 0.0722. The van der Waals surface area contributed by atoms with Crippen molar-refractivity contribution in [1.29, 1.82) is 5.26 Å². The third-order valence-corrected chi connectivity index (χ3v) is 4.78. The average Bonchev–Trinajstić information content (AvgIpc) is 2.78. The van der Waals surface area contributed by atoms with Crippen molar-refractivity contribution in [2.24, 2.45) is 0 Å². The summed E-state index contributed by atoms with van der Waals surface area (Å²) >= 11 is 6.19. The van der Waals surface area contributed by atoms with Gasteiger partial charge in [-0.05, 0) is 42.3 Å². The van der Waals surface area contributed by atoms with Gasteiger partial charge in [-0.3, -0.25) is 10.1 Å². The number of hydrogen-bond acceptors (Lipinski definition) is 5. The molecule has 0 aliphatic carbocycles. The zero-order valence-electron chi connectivity index (χ0n) is 16.7. The first-order valence-electron chi connectivity index (χ1n) is 9.51. The van der Waals surface area contributed by atoms with E-state index in [-0.39, 0.29) is 12.3 Å². The molecule has 0 aliphatic heterocycles. The molecule has 7 heteroatoms. The minimum Gasteiger partial charge on any atom is -0.490 e. The second-order valence-corrected chi connectivity index (χ2v) is 6.90. The van der Waals surface area contributed by atoms with E-state index in [1.807, 2.05) is 25.1 Å². The van der Waals surface area contributed by atoms with Crippen molar-refractivity contribution in [3.8, 4) is 17.6 Å². The molecule has 0 saturated heterocycles. The molecule has 6 nitrogen and oxygen atoms in total. The van der Waals surface area contributed by atoms with Gasteiger partial charge in [0.15, 0.2) is 11.5 Å². The maximum Gasteiger partial charge on any atom is 0.270 e. The third kappa shape index (κ3) is 5.62. The van der Waals surface area contributed by atoms with Crippen molar-refractivity contribution in [2.75, 3.05) is 6.61 Å². The summed E-state index contributed by atoms with van der Waals surface area (Å²) in [6.07, 6.45) is 1.65. The molecular weight excluding hydrogens is 416 g/mol. The van der Waals surface area contributed by atoms with Crippen molar-refractivity contribution < 1.29 is 14.4 Å². The zero-order valence-corrected chi connectivity index (χ0v) is 17.5. The average molecular weight is 435 g/mol. The highest BCUT2D eigenvalue weighted by atomic mass is 35.5. The molecule has 0 radical (unpaired) electrons. The van der Waals surface area contributed by atoms with Crippen LogP contribution in [0.5, 0.6) is 11.5 Å². The van der Waals surface area contributed by atoms with Crippen LogP contribution in [0.3, 0.4) is 0 Å². The fourth-order valence-corrected chi connectivity index (χ4v) is 3.10. The van der Waals surface area contributed by atoms with Gasteiger partial charge in [-0.15, -0.1) is 0 Å². The number of halogens is 1. The molecule has 0 N–H and O–H groups in total. The van der Waals surface area contributed by atoms with Crippen LogP contribution < -0.4 is 9.47 Å². The van der Waals surface area contributed by atoms with E-state index in [9.17, 15) is 15.4 Å². The molecule has 156 valence electrons. The quantitative estimate of drug-likeness (QED) is 0.180. The van der Waals surface area contributed by atoms with Gasteiger partial charge in [0.05, 0.1) is 23.2 Å². The second kappa shape index (κ2) is 10.3. The van der Waals surface area contributed by atoms with Gasteiger partial charge in [0.2, 0.25) is 0 Å². The monoisotopic (exact) mass is 434 g/mol. The van der Waals surface area contributed by atoms with Crippen LogP contribution >= 0.6 is 11.6 Å². The number of nitro benzene ring substituents is 1. The maximum atomic E-state index is 11.0. The highest BCUT2D eigenvalue weighted by Gasteiger charge is 2.11. The van der Waals surface area contributed by atoms with E-state index in [4.69, 9.17) is 21.1 Å². The summed E-state index contributed by atoms with van der Waals surface area (Å²) in [5.74, 6) is 1.08. The Morgan fingerprint density at radius 1 is 1.10 bits per heavy atom. The lowest BCUT2D eigenvalue weighted by atomic mass is 10.0. The number of non-ortho nitro benzene ring substituents is 1. The summed E-state index contributed by atoms with van der Waals surface area (Å²) in [7, 11) is 0. The molecule has 0 bridgehead atoms. The molecule has 0 atom stereocenters. The highest BCUT2D eigenvalue weighted by Crippen LogP contribution is 2.32. The Morgan fingerprint density at radius 2 is 1.90 bits per heavy atom. The Kier molecular flexibility index (Phi) is 7.26.